The van der Waals surface area contributed by atoms with Crippen molar-refractivity contribution < 1.29 is 4.79 Å². The van der Waals surface area contributed by atoms with Gasteiger partial charge in [0, 0.05) is 44.8 Å². The zero-order valence-corrected chi connectivity index (χ0v) is 16.2. The van der Waals surface area contributed by atoms with Gasteiger partial charge in [0.15, 0.2) is 11.6 Å². The summed E-state index contributed by atoms with van der Waals surface area (Å²) < 4.78 is 0. The lowest BCUT2D eigenvalue weighted by Gasteiger charge is -2.35. The average molecular weight is 365 g/mol. The SMILES string of the molecule is Cc1ccc(C(=O)N2CCN(c3ccc(N4CCCC4)nn3)CC2)cc1C. The monoisotopic (exact) mass is 365 g/mol. The first-order chi connectivity index (χ1) is 13.1. The Morgan fingerprint density at radius 2 is 1.37 bits per heavy atom. The Kier molecular flexibility index (Phi) is 4.97. The number of nitrogens with zero attached hydrogens (tertiary/aromatic N) is 5. The minimum absolute atomic E-state index is 0.119. The summed E-state index contributed by atoms with van der Waals surface area (Å²) in [5, 5.41) is 8.84. The molecule has 0 saturated carbocycles. The number of hydrogen-bond donors (Lipinski definition) is 0. The van der Waals surface area contributed by atoms with Crippen LogP contribution in [0.4, 0.5) is 11.6 Å². The molecule has 3 heterocycles. The van der Waals surface area contributed by atoms with Crippen LogP contribution in [0.15, 0.2) is 30.3 Å². The number of aryl methyl sites for hydroxylation is 2. The summed E-state index contributed by atoms with van der Waals surface area (Å²) in [5.74, 6) is 1.99. The Hall–Kier alpha value is -2.63. The third kappa shape index (κ3) is 3.75. The van der Waals surface area contributed by atoms with E-state index in [-0.39, 0.29) is 5.91 Å². The van der Waals surface area contributed by atoms with Crippen molar-refractivity contribution in [3.63, 3.8) is 0 Å². The number of piperazine rings is 1. The first-order valence-electron chi connectivity index (χ1n) is 9.82. The first-order valence-corrected chi connectivity index (χ1v) is 9.82. The average Bonchev–Trinajstić information content (AvgIpc) is 3.25. The quantitative estimate of drug-likeness (QED) is 0.837. The van der Waals surface area contributed by atoms with E-state index >= 15 is 0 Å². The maximum absolute atomic E-state index is 12.8. The Labute approximate surface area is 160 Å². The molecular weight excluding hydrogens is 338 g/mol. The van der Waals surface area contributed by atoms with E-state index in [1.165, 1.54) is 18.4 Å². The van der Waals surface area contributed by atoms with E-state index in [4.69, 9.17) is 0 Å². The van der Waals surface area contributed by atoms with Gasteiger partial charge in [0.1, 0.15) is 0 Å². The molecule has 2 fully saturated rings. The molecule has 0 radical (unpaired) electrons. The summed E-state index contributed by atoms with van der Waals surface area (Å²) in [6.45, 7) is 9.26. The van der Waals surface area contributed by atoms with Crippen molar-refractivity contribution in [2.24, 2.45) is 0 Å². The maximum Gasteiger partial charge on any atom is 0.253 e. The summed E-state index contributed by atoms with van der Waals surface area (Å²) in [5.41, 5.74) is 3.15. The van der Waals surface area contributed by atoms with Crippen molar-refractivity contribution in [3.05, 3.63) is 47.0 Å². The van der Waals surface area contributed by atoms with E-state index in [0.29, 0.717) is 13.1 Å². The van der Waals surface area contributed by atoms with E-state index < -0.39 is 0 Å². The number of anilines is 2. The summed E-state index contributed by atoms with van der Waals surface area (Å²) in [6, 6.07) is 10.1. The molecule has 0 spiro atoms. The van der Waals surface area contributed by atoms with Crippen LogP contribution in [0.2, 0.25) is 0 Å². The molecule has 6 heteroatoms. The van der Waals surface area contributed by atoms with Gasteiger partial charge in [-0.3, -0.25) is 4.79 Å². The largest absolute Gasteiger partial charge is 0.355 e. The normalized spacial score (nSPS) is 17.5. The summed E-state index contributed by atoms with van der Waals surface area (Å²) >= 11 is 0. The van der Waals surface area contributed by atoms with Crippen LogP contribution in [0.3, 0.4) is 0 Å². The molecule has 1 amide bonds. The van der Waals surface area contributed by atoms with Crippen molar-refractivity contribution in [2.75, 3.05) is 49.1 Å². The van der Waals surface area contributed by atoms with Gasteiger partial charge in [-0.25, -0.2) is 0 Å². The molecule has 0 bridgehead atoms. The van der Waals surface area contributed by atoms with Crippen LogP contribution in [-0.4, -0.2) is 60.3 Å². The van der Waals surface area contributed by atoms with E-state index in [0.717, 1.165) is 48.9 Å². The Morgan fingerprint density at radius 3 is 1.93 bits per heavy atom. The Morgan fingerprint density at radius 1 is 0.778 bits per heavy atom. The smallest absolute Gasteiger partial charge is 0.253 e. The molecule has 2 aliphatic rings. The molecule has 2 aliphatic heterocycles. The zero-order chi connectivity index (χ0) is 18.8. The first kappa shape index (κ1) is 17.8. The van der Waals surface area contributed by atoms with Crippen LogP contribution in [0.25, 0.3) is 0 Å². The van der Waals surface area contributed by atoms with Crippen LogP contribution in [0.1, 0.15) is 34.3 Å². The van der Waals surface area contributed by atoms with E-state index in [2.05, 4.69) is 46.0 Å². The fourth-order valence-corrected chi connectivity index (χ4v) is 3.80. The van der Waals surface area contributed by atoms with Gasteiger partial charge < -0.3 is 14.7 Å². The molecule has 0 unspecified atom stereocenters. The third-order valence-electron chi connectivity index (χ3n) is 5.71. The Bertz CT molecular complexity index is 806. The number of benzene rings is 1. The third-order valence-corrected chi connectivity index (χ3v) is 5.71. The number of hydrogen-bond acceptors (Lipinski definition) is 5. The molecule has 27 heavy (non-hydrogen) atoms. The second kappa shape index (κ2) is 7.55. The molecule has 2 aromatic rings. The predicted molar refractivity (Wildman–Crippen MR) is 108 cm³/mol. The highest BCUT2D eigenvalue weighted by molar-refractivity contribution is 5.94. The standard InChI is InChI=1S/C21H27N5O/c1-16-5-6-18(15-17(16)2)21(27)26-13-11-25(12-14-26)20-8-7-19(22-23-20)24-9-3-4-10-24/h5-8,15H,3-4,9-14H2,1-2H3. The van der Waals surface area contributed by atoms with Crippen LogP contribution < -0.4 is 9.80 Å². The van der Waals surface area contributed by atoms with Gasteiger partial charge in [0.2, 0.25) is 0 Å². The van der Waals surface area contributed by atoms with Gasteiger partial charge in [-0.1, -0.05) is 6.07 Å². The van der Waals surface area contributed by atoms with E-state index in [1.54, 1.807) is 0 Å². The van der Waals surface area contributed by atoms with Crippen LogP contribution >= 0.6 is 0 Å². The molecule has 0 atom stereocenters. The fourth-order valence-electron chi connectivity index (χ4n) is 3.80. The van der Waals surface area contributed by atoms with E-state index in [9.17, 15) is 4.79 Å². The lowest BCUT2D eigenvalue weighted by atomic mass is 10.1. The molecule has 1 aromatic heterocycles. The minimum atomic E-state index is 0.119. The lowest BCUT2D eigenvalue weighted by Crippen LogP contribution is -2.49. The van der Waals surface area contributed by atoms with Gasteiger partial charge in [0.05, 0.1) is 0 Å². The highest BCUT2D eigenvalue weighted by Gasteiger charge is 2.23. The predicted octanol–water partition coefficient (Wildman–Crippen LogP) is 2.66. The molecule has 0 N–H and O–H groups in total. The molecule has 1 aromatic carbocycles. The van der Waals surface area contributed by atoms with Crippen LogP contribution in [-0.2, 0) is 0 Å². The van der Waals surface area contributed by atoms with Gasteiger partial charge in [-0.15, -0.1) is 10.2 Å². The molecule has 6 nitrogen and oxygen atoms in total. The summed E-state index contributed by atoms with van der Waals surface area (Å²) in [6.07, 6.45) is 2.47. The Balaban J connectivity index is 1.36. The topological polar surface area (TPSA) is 52.6 Å². The lowest BCUT2D eigenvalue weighted by molar-refractivity contribution is 0.0746. The molecule has 0 aliphatic carbocycles. The summed E-state index contributed by atoms with van der Waals surface area (Å²) in [7, 11) is 0. The van der Waals surface area contributed by atoms with Crippen molar-refractivity contribution in [2.45, 2.75) is 26.7 Å². The highest BCUT2D eigenvalue weighted by Crippen LogP contribution is 2.20. The molecular formula is C21H27N5O. The van der Waals surface area contributed by atoms with E-state index in [1.807, 2.05) is 23.1 Å². The number of rotatable bonds is 3. The van der Waals surface area contributed by atoms with Crippen LogP contribution in [0, 0.1) is 13.8 Å². The number of carbonyl (C=O) groups is 1. The number of amides is 1. The van der Waals surface area contributed by atoms with Gasteiger partial charge >= 0.3 is 0 Å². The van der Waals surface area contributed by atoms with Crippen LogP contribution in [0.5, 0.6) is 0 Å². The van der Waals surface area contributed by atoms with Gasteiger partial charge in [-0.2, -0.15) is 0 Å². The molecule has 4 rings (SSSR count). The minimum Gasteiger partial charge on any atom is -0.355 e. The van der Waals surface area contributed by atoms with Gasteiger partial charge in [-0.05, 0) is 62.1 Å². The van der Waals surface area contributed by atoms with Gasteiger partial charge in [0.25, 0.3) is 5.91 Å². The zero-order valence-electron chi connectivity index (χ0n) is 16.2. The number of carbonyl (C=O) groups excluding carboxylic acids is 1. The fraction of sp³-hybridized carbons (Fsp3) is 0.476. The number of aromatic nitrogens is 2. The molecule has 2 saturated heterocycles. The summed E-state index contributed by atoms with van der Waals surface area (Å²) in [4.78, 5) is 19.2. The van der Waals surface area contributed by atoms with Crippen molar-refractivity contribution in [1.29, 1.82) is 0 Å². The molecule has 142 valence electrons. The highest BCUT2D eigenvalue weighted by atomic mass is 16.2. The van der Waals surface area contributed by atoms with Crippen molar-refractivity contribution in [3.8, 4) is 0 Å². The maximum atomic E-state index is 12.8. The van der Waals surface area contributed by atoms with Crippen molar-refractivity contribution in [1.82, 2.24) is 15.1 Å². The second-order valence-electron chi connectivity index (χ2n) is 7.52. The van der Waals surface area contributed by atoms with Crippen molar-refractivity contribution >= 4 is 17.5 Å². The second-order valence-corrected chi connectivity index (χ2v) is 7.52.